The summed E-state index contributed by atoms with van der Waals surface area (Å²) in [6.45, 7) is 3.51. The number of aromatic hydroxyl groups is 1. The molecular weight excluding hydrogens is 222 g/mol. The van der Waals surface area contributed by atoms with E-state index in [9.17, 15) is 9.90 Å². The van der Waals surface area contributed by atoms with Crippen LogP contribution in [0.25, 0.3) is 0 Å². The fourth-order valence-electron chi connectivity index (χ4n) is 1.69. The van der Waals surface area contributed by atoms with Gasteiger partial charge in [-0.3, -0.25) is 0 Å². The van der Waals surface area contributed by atoms with Crippen LogP contribution in [0, 0.1) is 0 Å². The van der Waals surface area contributed by atoms with Gasteiger partial charge in [0.2, 0.25) is 0 Å². The Kier molecular flexibility index (Phi) is 2.93. The third-order valence-corrected chi connectivity index (χ3v) is 2.74. The van der Waals surface area contributed by atoms with E-state index in [1.807, 2.05) is 6.92 Å². The molecule has 0 bridgehead atoms. The number of carbonyl (C=O) groups is 1. The molecule has 1 saturated heterocycles. The molecule has 0 amide bonds. The molecule has 1 aromatic rings. The van der Waals surface area contributed by atoms with E-state index in [0.717, 1.165) is 13.1 Å². The monoisotopic (exact) mass is 237 g/mol. The quantitative estimate of drug-likeness (QED) is 0.765. The number of methoxy groups -OCH3 is 1. The van der Waals surface area contributed by atoms with Crippen molar-refractivity contribution < 1.29 is 19.4 Å². The molecule has 5 heteroatoms. The van der Waals surface area contributed by atoms with Gasteiger partial charge in [0.25, 0.3) is 0 Å². The lowest BCUT2D eigenvalue weighted by atomic mass is 10.00. The maximum Gasteiger partial charge on any atom is 0.341 e. The van der Waals surface area contributed by atoms with Gasteiger partial charge in [-0.2, -0.15) is 0 Å². The van der Waals surface area contributed by atoms with Crippen molar-refractivity contribution in [2.24, 2.45) is 0 Å². The molecule has 5 nitrogen and oxygen atoms in total. The molecule has 1 aliphatic rings. The van der Waals surface area contributed by atoms with Gasteiger partial charge in [0.1, 0.15) is 22.7 Å². The molecule has 1 heterocycles. The zero-order chi connectivity index (χ0) is 12.5. The van der Waals surface area contributed by atoms with E-state index in [0.29, 0.717) is 5.75 Å². The summed E-state index contributed by atoms with van der Waals surface area (Å²) < 4.78 is 10.3. The van der Waals surface area contributed by atoms with Crippen molar-refractivity contribution in [1.29, 1.82) is 0 Å². The number of hydrogen-bond acceptors (Lipinski definition) is 5. The normalized spacial score (nSPS) is 17.1. The predicted molar refractivity (Wildman–Crippen MR) is 61.3 cm³/mol. The molecule has 17 heavy (non-hydrogen) atoms. The molecule has 0 aromatic heterocycles. The fraction of sp³-hybridized carbons (Fsp3) is 0.417. The number of ether oxygens (including phenoxy) is 2. The summed E-state index contributed by atoms with van der Waals surface area (Å²) in [4.78, 5) is 11.4. The van der Waals surface area contributed by atoms with Crippen LogP contribution in [0.15, 0.2) is 18.2 Å². The molecule has 0 spiro atoms. The average molecular weight is 237 g/mol. The molecular formula is C12H15NO4. The number of rotatable bonds is 3. The summed E-state index contributed by atoms with van der Waals surface area (Å²) in [6, 6.07) is 4.55. The average Bonchev–Trinajstić information content (AvgIpc) is 2.28. The van der Waals surface area contributed by atoms with Gasteiger partial charge in [0.15, 0.2) is 0 Å². The van der Waals surface area contributed by atoms with Gasteiger partial charge in [-0.25, -0.2) is 4.79 Å². The van der Waals surface area contributed by atoms with Crippen molar-refractivity contribution in [1.82, 2.24) is 5.32 Å². The second-order valence-electron chi connectivity index (χ2n) is 4.33. The lowest BCUT2D eigenvalue weighted by molar-refractivity contribution is 0.0344. The third kappa shape index (κ3) is 2.34. The molecule has 2 N–H and O–H groups in total. The molecule has 0 atom stereocenters. The molecule has 0 unspecified atom stereocenters. The summed E-state index contributed by atoms with van der Waals surface area (Å²) >= 11 is 0. The molecule has 2 rings (SSSR count). The predicted octanol–water partition coefficient (Wildman–Crippen LogP) is 0.919. The third-order valence-electron chi connectivity index (χ3n) is 2.74. The molecule has 92 valence electrons. The highest BCUT2D eigenvalue weighted by Crippen LogP contribution is 2.27. The van der Waals surface area contributed by atoms with Crippen LogP contribution >= 0.6 is 0 Å². The van der Waals surface area contributed by atoms with Gasteiger partial charge in [-0.15, -0.1) is 0 Å². The standard InChI is InChI=1S/C12H15NO4/c1-12(6-13-7-12)17-8-3-4-10(14)9(5-8)11(15)16-2/h3-5,13-14H,6-7H2,1-2H3. The van der Waals surface area contributed by atoms with Crippen molar-refractivity contribution in [2.75, 3.05) is 20.2 Å². The zero-order valence-electron chi connectivity index (χ0n) is 9.82. The Morgan fingerprint density at radius 1 is 1.47 bits per heavy atom. The SMILES string of the molecule is COC(=O)c1cc(OC2(C)CNC2)ccc1O. The number of nitrogens with one attached hydrogen (secondary N) is 1. The van der Waals surface area contributed by atoms with E-state index in [1.54, 1.807) is 6.07 Å². The Morgan fingerprint density at radius 3 is 2.71 bits per heavy atom. The van der Waals surface area contributed by atoms with E-state index >= 15 is 0 Å². The van der Waals surface area contributed by atoms with Crippen molar-refractivity contribution >= 4 is 5.97 Å². The molecule has 1 aromatic carbocycles. The van der Waals surface area contributed by atoms with E-state index in [1.165, 1.54) is 19.2 Å². The van der Waals surface area contributed by atoms with Crippen LogP contribution < -0.4 is 10.1 Å². The summed E-state index contributed by atoms with van der Waals surface area (Å²) in [5, 5.41) is 12.7. The largest absolute Gasteiger partial charge is 0.507 e. The van der Waals surface area contributed by atoms with Crippen molar-refractivity contribution in [3.63, 3.8) is 0 Å². The molecule has 0 aliphatic carbocycles. The van der Waals surface area contributed by atoms with E-state index in [-0.39, 0.29) is 16.9 Å². The Morgan fingerprint density at radius 2 is 2.18 bits per heavy atom. The summed E-state index contributed by atoms with van der Waals surface area (Å²) in [7, 11) is 1.27. The number of phenolic OH excluding ortho intramolecular Hbond substituents is 1. The second-order valence-corrected chi connectivity index (χ2v) is 4.33. The van der Waals surface area contributed by atoms with Crippen LogP contribution in [0.2, 0.25) is 0 Å². The molecule has 0 radical (unpaired) electrons. The maximum absolute atomic E-state index is 11.4. The number of benzene rings is 1. The Balaban J connectivity index is 2.21. The van der Waals surface area contributed by atoms with Crippen molar-refractivity contribution in [2.45, 2.75) is 12.5 Å². The molecule has 1 aliphatic heterocycles. The fourth-order valence-corrected chi connectivity index (χ4v) is 1.69. The van der Waals surface area contributed by atoms with E-state index in [4.69, 9.17) is 4.74 Å². The first-order valence-corrected chi connectivity index (χ1v) is 5.35. The Hall–Kier alpha value is -1.75. The first-order chi connectivity index (χ1) is 8.04. The van der Waals surface area contributed by atoms with Crippen LogP contribution in [0.4, 0.5) is 0 Å². The zero-order valence-corrected chi connectivity index (χ0v) is 9.82. The number of hydrogen-bond donors (Lipinski definition) is 2. The maximum atomic E-state index is 11.4. The highest BCUT2D eigenvalue weighted by Gasteiger charge is 2.34. The van der Waals surface area contributed by atoms with Gasteiger partial charge in [0.05, 0.1) is 7.11 Å². The van der Waals surface area contributed by atoms with Gasteiger partial charge in [-0.05, 0) is 25.1 Å². The second kappa shape index (κ2) is 4.25. The lowest BCUT2D eigenvalue weighted by Crippen LogP contribution is -2.61. The first-order valence-electron chi connectivity index (χ1n) is 5.35. The van der Waals surface area contributed by atoms with E-state index in [2.05, 4.69) is 10.1 Å². The summed E-state index contributed by atoms with van der Waals surface area (Å²) in [5.41, 5.74) is -0.134. The van der Waals surface area contributed by atoms with Gasteiger partial charge >= 0.3 is 5.97 Å². The van der Waals surface area contributed by atoms with Crippen LogP contribution in [-0.2, 0) is 4.74 Å². The molecule has 1 fully saturated rings. The highest BCUT2D eigenvalue weighted by molar-refractivity contribution is 5.92. The van der Waals surface area contributed by atoms with E-state index < -0.39 is 5.97 Å². The smallest absolute Gasteiger partial charge is 0.341 e. The van der Waals surface area contributed by atoms with Gasteiger partial charge in [0, 0.05) is 13.1 Å². The highest BCUT2D eigenvalue weighted by atomic mass is 16.5. The van der Waals surface area contributed by atoms with Gasteiger partial charge in [-0.1, -0.05) is 0 Å². The minimum Gasteiger partial charge on any atom is -0.507 e. The van der Waals surface area contributed by atoms with Gasteiger partial charge < -0.3 is 19.9 Å². The number of phenols is 1. The number of esters is 1. The first kappa shape index (κ1) is 11.7. The summed E-state index contributed by atoms with van der Waals surface area (Å²) in [5.74, 6) is -0.141. The molecule has 0 saturated carbocycles. The number of carbonyl (C=O) groups excluding carboxylic acids is 1. The van der Waals surface area contributed by atoms with Crippen LogP contribution in [0.5, 0.6) is 11.5 Å². The van der Waals surface area contributed by atoms with Crippen molar-refractivity contribution in [3.8, 4) is 11.5 Å². The lowest BCUT2D eigenvalue weighted by Gasteiger charge is -2.39. The summed E-state index contributed by atoms with van der Waals surface area (Å²) in [6.07, 6.45) is 0. The topological polar surface area (TPSA) is 67.8 Å². The Labute approximate surface area is 99.3 Å². The minimum atomic E-state index is -0.579. The minimum absolute atomic E-state index is 0.110. The van der Waals surface area contributed by atoms with Crippen LogP contribution in [-0.4, -0.2) is 36.9 Å². The van der Waals surface area contributed by atoms with Crippen molar-refractivity contribution in [3.05, 3.63) is 23.8 Å². The van der Waals surface area contributed by atoms with Crippen LogP contribution in [0.3, 0.4) is 0 Å². The Bertz CT molecular complexity index is 440. The van der Waals surface area contributed by atoms with Crippen LogP contribution in [0.1, 0.15) is 17.3 Å².